The highest BCUT2D eigenvalue weighted by molar-refractivity contribution is 5.77. The minimum Gasteiger partial charge on any atom is -0.493 e. The van der Waals surface area contributed by atoms with E-state index >= 15 is 0 Å². The summed E-state index contributed by atoms with van der Waals surface area (Å²) in [4.78, 5) is 11.5. The van der Waals surface area contributed by atoms with Gasteiger partial charge in [0, 0.05) is 18.7 Å². The molecular weight excluding hydrogens is 334 g/mol. The third-order valence-corrected chi connectivity index (χ3v) is 4.02. The summed E-state index contributed by atoms with van der Waals surface area (Å²) in [5, 5.41) is 10.1. The SMILES string of the molecule is CCNC(=O)COc1ccc(CNCCc2c(C)noc2C)cc1OC. The molecule has 142 valence electrons. The van der Waals surface area contributed by atoms with Crippen LogP contribution in [0.2, 0.25) is 0 Å². The number of aromatic nitrogens is 1. The van der Waals surface area contributed by atoms with Crippen LogP contribution in [0.4, 0.5) is 0 Å². The summed E-state index contributed by atoms with van der Waals surface area (Å²) in [6, 6.07) is 5.69. The monoisotopic (exact) mass is 361 g/mol. The van der Waals surface area contributed by atoms with Crippen molar-refractivity contribution < 1.29 is 18.8 Å². The Labute approximate surface area is 154 Å². The molecule has 0 fully saturated rings. The van der Waals surface area contributed by atoms with Crippen molar-refractivity contribution in [3.63, 3.8) is 0 Å². The standard InChI is InChI=1S/C19H27N3O4/c1-5-21-19(23)12-25-17-7-6-15(10-18(17)24-4)11-20-9-8-16-13(2)22-26-14(16)3/h6-7,10,20H,5,8-9,11-12H2,1-4H3,(H,21,23). The van der Waals surface area contributed by atoms with Crippen molar-refractivity contribution >= 4 is 5.91 Å². The number of amides is 1. The van der Waals surface area contributed by atoms with Gasteiger partial charge in [-0.2, -0.15) is 0 Å². The van der Waals surface area contributed by atoms with Crippen LogP contribution in [0.25, 0.3) is 0 Å². The zero-order valence-corrected chi connectivity index (χ0v) is 15.8. The summed E-state index contributed by atoms with van der Waals surface area (Å²) in [5.41, 5.74) is 3.18. The Morgan fingerprint density at radius 3 is 2.73 bits per heavy atom. The lowest BCUT2D eigenvalue weighted by atomic mass is 10.1. The molecule has 2 aromatic rings. The molecular formula is C19H27N3O4. The number of rotatable bonds is 10. The molecule has 2 N–H and O–H groups in total. The van der Waals surface area contributed by atoms with E-state index in [1.165, 1.54) is 0 Å². The third kappa shape index (κ3) is 5.49. The molecule has 0 aliphatic heterocycles. The lowest BCUT2D eigenvalue weighted by Gasteiger charge is -2.12. The lowest BCUT2D eigenvalue weighted by molar-refractivity contribution is -0.123. The normalized spacial score (nSPS) is 10.6. The maximum Gasteiger partial charge on any atom is 0.257 e. The molecule has 0 unspecified atom stereocenters. The van der Waals surface area contributed by atoms with Gasteiger partial charge in [-0.25, -0.2) is 0 Å². The van der Waals surface area contributed by atoms with Gasteiger partial charge in [0.05, 0.1) is 12.8 Å². The summed E-state index contributed by atoms with van der Waals surface area (Å²) in [5.74, 6) is 1.89. The van der Waals surface area contributed by atoms with Crippen molar-refractivity contribution in [2.24, 2.45) is 0 Å². The number of carbonyl (C=O) groups excluding carboxylic acids is 1. The highest BCUT2D eigenvalue weighted by atomic mass is 16.5. The molecule has 1 amide bonds. The Balaban J connectivity index is 1.85. The van der Waals surface area contributed by atoms with Gasteiger partial charge in [-0.15, -0.1) is 0 Å². The van der Waals surface area contributed by atoms with Crippen LogP contribution in [0, 0.1) is 13.8 Å². The van der Waals surface area contributed by atoms with Gasteiger partial charge in [0.15, 0.2) is 18.1 Å². The van der Waals surface area contributed by atoms with Crippen molar-refractivity contribution in [1.82, 2.24) is 15.8 Å². The van der Waals surface area contributed by atoms with E-state index < -0.39 is 0 Å². The van der Waals surface area contributed by atoms with E-state index in [0.717, 1.165) is 35.5 Å². The number of benzene rings is 1. The average Bonchev–Trinajstić information content (AvgIpc) is 2.95. The van der Waals surface area contributed by atoms with E-state index in [4.69, 9.17) is 14.0 Å². The third-order valence-electron chi connectivity index (χ3n) is 4.02. The first kappa shape index (κ1) is 19.8. The zero-order valence-electron chi connectivity index (χ0n) is 15.8. The molecule has 1 aromatic heterocycles. The molecule has 0 atom stereocenters. The molecule has 0 aliphatic carbocycles. The second-order valence-corrected chi connectivity index (χ2v) is 5.96. The molecule has 0 saturated heterocycles. The Hall–Kier alpha value is -2.54. The van der Waals surface area contributed by atoms with Crippen LogP contribution in [0.3, 0.4) is 0 Å². The number of aryl methyl sites for hydroxylation is 2. The van der Waals surface area contributed by atoms with Crippen LogP contribution in [-0.4, -0.2) is 37.9 Å². The van der Waals surface area contributed by atoms with E-state index in [1.807, 2.05) is 39.0 Å². The topological polar surface area (TPSA) is 85.6 Å². The highest BCUT2D eigenvalue weighted by Crippen LogP contribution is 2.28. The van der Waals surface area contributed by atoms with Crippen LogP contribution in [0.5, 0.6) is 11.5 Å². The van der Waals surface area contributed by atoms with Gasteiger partial charge in [0.25, 0.3) is 5.91 Å². The van der Waals surface area contributed by atoms with Crippen LogP contribution in [-0.2, 0) is 17.8 Å². The van der Waals surface area contributed by atoms with Gasteiger partial charge < -0.3 is 24.6 Å². The molecule has 26 heavy (non-hydrogen) atoms. The van der Waals surface area contributed by atoms with Crippen molar-refractivity contribution in [2.75, 3.05) is 26.8 Å². The van der Waals surface area contributed by atoms with Gasteiger partial charge >= 0.3 is 0 Å². The minimum absolute atomic E-state index is 0.0285. The highest BCUT2D eigenvalue weighted by Gasteiger charge is 2.10. The summed E-state index contributed by atoms with van der Waals surface area (Å²) in [7, 11) is 1.59. The number of methoxy groups -OCH3 is 1. The van der Waals surface area contributed by atoms with Crippen molar-refractivity contribution in [2.45, 2.75) is 33.7 Å². The second-order valence-electron chi connectivity index (χ2n) is 5.96. The maximum absolute atomic E-state index is 11.5. The van der Waals surface area contributed by atoms with Gasteiger partial charge in [-0.05, 0) is 51.4 Å². The van der Waals surface area contributed by atoms with E-state index in [1.54, 1.807) is 7.11 Å². The van der Waals surface area contributed by atoms with E-state index in [2.05, 4.69) is 15.8 Å². The van der Waals surface area contributed by atoms with E-state index in [9.17, 15) is 4.79 Å². The van der Waals surface area contributed by atoms with Gasteiger partial charge in [-0.1, -0.05) is 11.2 Å². The summed E-state index contributed by atoms with van der Waals surface area (Å²) in [6.07, 6.45) is 0.867. The van der Waals surface area contributed by atoms with Crippen LogP contribution in [0.1, 0.15) is 29.5 Å². The molecule has 0 spiro atoms. The number of likely N-dealkylation sites (N-methyl/N-ethyl adjacent to an activating group) is 1. The maximum atomic E-state index is 11.5. The Morgan fingerprint density at radius 2 is 2.08 bits per heavy atom. The molecule has 1 aromatic carbocycles. The van der Waals surface area contributed by atoms with E-state index in [-0.39, 0.29) is 12.5 Å². The summed E-state index contributed by atoms with van der Waals surface area (Å²) in [6.45, 7) is 7.83. The number of carbonyl (C=O) groups is 1. The fourth-order valence-corrected chi connectivity index (χ4v) is 2.64. The predicted octanol–water partition coefficient (Wildman–Crippen LogP) is 2.15. The predicted molar refractivity (Wildman–Crippen MR) is 98.6 cm³/mol. The van der Waals surface area contributed by atoms with Crippen LogP contribution < -0.4 is 20.1 Å². The molecule has 2 rings (SSSR count). The largest absolute Gasteiger partial charge is 0.493 e. The van der Waals surface area contributed by atoms with Crippen molar-refractivity contribution in [1.29, 1.82) is 0 Å². The number of ether oxygens (including phenoxy) is 2. The smallest absolute Gasteiger partial charge is 0.257 e. The molecule has 0 bridgehead atoms. The number of nitrogens with zero attached hydrogens (tertiary/aromatic N) is 1. The molecule has 7 heteroatoms. The minimum atomic E-state index is -0.153. The van der Waals surface area contributed by atoms with Crippen LogP contribution in [0.15, 0.2) is 22.7 Å². The number of hydrogen-bond acceptors (Lipinski definition) is 6. The quantitative estimate of drug-likeness (QED) is 0.631. The first-order valence-corrected chi connectivity index (χ1v) is 8.74. The van der Waals surface area contributed by atoms with Crippen molar-refractivity contribution in [3.05, 3.63) is 40.8 Å². The Morgan fingerprint density at radius 1 is 1.27 bits per heavy atom. The lowest BCUT2D eigenvalue weighted by Crippen LogP contribution is -2.28. The Bertz CT molecular complexity index is 708. The zero-order chi connectivity index (χ0) is 18.9. The van der Waals surface area contributed by atoms with Crippen molar-refractivity contribution in [3.8, 4) is 11.5 Å². The van der Waals surface area contributed by atoms with Gasteiger partial charge in [-0.3, -0.25) is 4.79 Å². The summed E-state index contributed by atoms with van der Waals surface area (Å²) < 4.78 is 16.1. The van der Waals surface area contributed by atoms with Gasteiger partial charge in [0.2, 0.25) is 0 Å². The second kappa shape index (κ2) is 9.82. The average molecular weight is 361 g/mol. The first-order chi connectivity index (χ1) is 12.5. The number of hydrogen-bond donors (Lipinski definition) is 2. The molecule has 0 aliphatic rings. The molecule has 7 nitrogen and oxygen atoms in total. The first-order valence-electron chi connectivity index (χ1n) is 8.74. The number of nitrogens with one attached hydrogen (secondary N) is 2. The van der Waals surface area contributed by atoms with Crippen LogP contribution >= 0.6 is 0 Å². The van der Waals surface area contributed by atoms with Gasteiger partial charge in [0.1, 0.15) is 5.76 Å². The summed E-state index contributed by atoms with van der Waals surface area (Å²) >= 11 is 0. The molecule has 1 heterocycles. The Kier molecular flexibility index (Phi) is 7.47. The molecule has 0 radical (unpaired) electrons. The fraction of sp³-hybridized carbons (Fsp3) is 0.474. The molecule has 0 saturated carbocycles. The fourth-order valence-electron chi connectivity index (χ4n) is 2.64. The van der Waals surface area contributed by atoms with E-state index in [0.29, 0.717) is 24.6 Å².